The van der Waals surface area contributed by atoms with Gasteiger partial charge >= 0.3 is 0 Å². The van der Waals surface area contributed by atoms with Crippen LogP contribution < -0.4 is 0 Å². The SMILES string of the molecule is COC(=N)CSI. The van der Waals surface area contributed by atoms with E-state index in [0.29, 0.717) is 11.7 Å². The third kappa shape index (κ3) is 4.40. The Balaban J connectivity index is 3.00. The molecule has 0 aliphatic heterocycles. The zero-order valence-electron chi connectivity index (χ0n) is 3.90. The van der Waals surface area contributed by atoms with Gasteiger partial charge in [0, 0.05) is 0 Å². The van der Waals surface area contributed by atoms with Crippen molar-refractivity contribution in [3.63, 3.8) is 0 Å². The van der Waals surface area contributed by atoms with E-state index in [-0.39, 0.29) is 0 Å². The van der Waals surface area contributed by atoms with Crippen LogP contribution in [0.5, 0.6) is 0 Å². The summed E-state index contributed by atoms with van der Waals surface area (Å²) in [6.45, 7) is 0. The van der Waals surface area contributed by atoms with Crippen molar-refractivity contribution in [1.82, 2.24) is 0 Å². The van der Waals surface area contributed by atoms with Crippen molar-refractivity contribution < 1.29 is 4.74 Å². The highest BCUT2D eigenvalue weighted by atomic mass is 127. The molecule has 0 spiro atoms. The first-order valence-corrected chi connectivity index (χ1v) is 5.19. The second-order valence-corrected chi connectivity index (χ2v) is 3.26. The Labute approximate surface area is 59.1 Å². The second kappa shape index (κ2) is 4.70. The third-order valence-electron chi connectivity index (χ3n) is 0.432. The van der Waals surface area contributed by atoms with Gasteiger partial charge in [-0.3, -0.25) is 5.41 Å². The zero-order valence-corrected chi connectivity index (χ0v) is 6.88. The van der Waals surface area contributed by atoms with E-state index in [0.717, 1.165) is 0 Å². The lowest BCUT2D eigenvalue weighted by molar-refractivity contribution is 0.397. The summed E-state index contributed by atoms with van der Waals surface area (Å²) in [5.41, 5.74) is 0. The molecular formula is C3H6INOS. The van der Waals surface area contributed by atoms with Crippen LogP contribution in [0.15, 0.2) is 0 Å². The van der Waals surface area contributed by atoms with Crippen LogP contribution in [-0.2, 0) is 4.74 Å². The summed E-state index contributed by atoms with van der Waals surface area (Å²) < 4.78 is 4.55. The first-order valence-electron chi connectivity index (χ1n) is 1.66. The van der Waals surface area contributed by atoms with Crippen molar-refractivity contribution in [1.29, 1.82) is 5.41 Å². The third-order valence-corrected chi connectivity index (χ3v) is 1.74. The van der Waals surface area contributed by atoms with Gasteiger partial charge in [-0.25, -0.2) is 0 Å². The van der Waals surface area contributed by atoms with Crippen molar-refractivity contribution in [3.05, 3.63) is 0 Å². The molecule has 0 amide bonds. The van der Waals surface area contributed by atoms with E-state index in [1.165, 1.54) is 7.11 Å². The molecular weight excluding hydrogens is 225 g/mol. The Morgan fingerprint density at radius 2 is 2.57 bits per heavy atom. The molecule has 0 saturated carbocycles. The fraction of sp³-hybridized carbons (Fsp3) is 0.667. The average Bonchev–Trinajstić information content (AvgIpc) is 1.68. The summed E-state index contributed by atoms with van der Waals surface area (Å²) in [7, 11) is 3.06. The molecule has 1 N–H and O–H groups in total. The van der Waals surface area contributed by atoms with E-state index < -0.39 is 0 Å². The van der Waals surface area contributed by atoms with E-state index in [1.807, 2.05) is 0 Å². The van der Waals surface area contributed by atoms with Crippen LogP contribution in [0.3, 0.4) is 0 Å². The van der Waals surface area contributed by atoms with Gasteiger partial charge in [0.15, 0.2) is 5.90 Å². The van der Waals surface area contributed by atoms with Crippen molar-refractivity contribution in [2.24, 2.45) is 0 Å². The normalized spacial score (nSPS) is 8.29. The topological polar surface area (TPSA) is 33.1 Å². The lowest BCUT2D eigenvalue weighted by Crippen LogP contribution is -1.99. The monoisotopic (exact) mass is 231 g/mol. The summed E-state index contributed by atoms with van der Waals surface area (Å²) in [5.74, 6) is 0.997. The van der Waals surface area contributed by atoms with Gasteiger partial charge in [-0.1, -0.05) is 8.93 Å². The highest BCUT2D eigenvalue weighted by molar-refractivity contribution is 14.2. The van der Waals surface area contributed by atoms with Gasteiger partial charge in [0.05, 0.1) is 12.9 Å². The predicted molar refractivity (Wildman–Crippen MR) is 41.2 cm³/mol. The fourth-order valence-corrected chi connectivity index (χ4v) is 1.17. The van der Waals surface area contributed by atoms with E-state index in [1.54, 1.807) is 8.93 Å². The van der Waals surface area contributed by atoms with Gasteiger partial charge in [-0.05, 0) is 21.2 Å². The number of rotatable bonds is 2. The highest BCUT2D eigenvalue weighted by Gasteiger charge is 1.88. The molecule has 0 aliphatic carbocycles. The summed E-state index contributed by atoms with van der Waals surface area (Å²) in [5, 5.41) is 6.89. The number of ether oxygens (including phenoxy) is 1. The molecule has 0 atom stereocenters. The van der Waals surface area contributed by atoms with Gasteiger partial charge in [-0.2, -0.15) is 0 Å². The van der Waals surface area contributed by atoms with E-state index in [2.05, 4.69) is 25.9 Å². The number of halogens is 1. The van der Waals surface area contributed by atoms with Crippen LogP contribution in [0.2, 0.25) is 0 Å². The minimum absolute atomic E-state index is 0.333. The van der Waals surface area contributed by atoms with Gasteiger partial charge in [0.2, 0.25) is 0 Å². The Morgan fingerprint density at radius 1 is 2.00 bits per heavy atom. The minimum atomic E-state index is 0.333. The van der Waals surface area contributed by atoms with Crippen molar-refractivity contribution in [2.75, 3.05) is 12.9 Å². The van der Waals surface area contributed by atoms with Crippen LogP contribution in [0, 0.1) is 5.41 Å². The van der Waals surface area contributed by atoms with Crippen molar-refractivity contribution in [3.8, 4) is 0 Å². The van der Waals surface area contributed by atoms with Gasteiger partial charge in [0.25, 0.3) is 0 Å². The zero-order chi connectivity index (χ0) is 5.70. The van der Waals surface area contributed by atoms with E-state index in [4.69, 9.17) is 5.41 Å². The molecule has 0 rings (SSSR count). The summed E-state index contributed by atoms with van der Waals surface area (Å²) in [6, 6.07) is 0. The number of hydrogen-bond acceptors (Lipinski definition) is 3. The molecule has 0 bridgehead atoms. The molecule has 0 unspecified atom stereocenters. The van der Waals surface area contributed by atoms with Crippen LogP contribution in [0.1, 0.15) is 0 Å². The van der Waals surface area contributed by atoms with Crippen LogP contribution in [0.25, 0.3) is 0 Å². The molecule has 0 aromatic rings. The van der Waals surface area contributed by atoms with Crippen LogP contribution >= 0.6 is 30.1 Å². The highest BCUT2D eigenvalue weighted by Crippen LogP contribution is 2.09. The summed E-state index contributed by atoms with van der Waals surface area (Å²) in [6.07, 6.45) is 0. The van der Waals surface area contributed by atoms with Crippen LogP contribution in [0.4, 0.5) is 0 Å². The minimum Gasteiger partial charge on any atom is -0.484 e. The van der Waals surface area contributed by atoms with Crippen LogP contribution in [-0.4, -0.2) is 18.8 Å². The molecule has 4 heteroatoms. The first-order chi connectivity index (χ1) is 3.31. The average molecular weight is 231 g/mol. The predicted octanol–water partition coefficient (Wildman–Crippen LogP) is 1.69. The molecule has 0 aromatic heterocycles. The Hall–Kier alpha value is 0.550. The molecule has 7 heavy (non-hydrogen) atoms. The van der Waals surface area contributed by atoms with Gasteiger partial charge in [-0.15, -0.1) is 0 Å². The molecule has 42 valence electrons. The Bertz CT molecular complexity index is 68.0. The fourth-order valence-electron chi connectivity index (χ4n) is 0.108. The number of nitrogens with one attached hydrogen (secondary N) is 1. The largest absolute Gasteiger partial charge is 0.484 e. The maximum absolute atomic E-state index is 6.89. The smallest absolute Gasteiger partial charge is 0.191 e. The molecule has 0 heterocycles. The second-order valence-electron chi connectivity index (χ2n) is 0.881. The summed E-state index contributed by atoms with van der Waals surface area (Å²) >= 11 is 2.12. The van der Waals surface area contributed by atoms with E-state index >= 15 is 0 Å². The number of methoxy groups -OCH3 is 1. The van der Waals surface area contributed by atoms with Crippen molar-refractivity contribution in [2.45, 2.75) is 0 Å². The standard InChI is InChI=1S/C3H6INOS/c1-6-3(5)2-7-4/h5H,2H2,1H3. The Kier molecular flexibility index (Phi) is 5.07. The van der Waals surface area contributed by atoms with Gasteiger partial charge in [0.1, 0.15) is 0 Å². The lowest BCUT2D eigenvalue weighted by atomic mass is 10.8. The molecule has 0 aromatic carbocycles. The maximum Gasteiger partial charge on any atom is 0.191 e. The first kappa shape index (κ1) is 7.55. The maximum atomic E-state index is 6.89. The quantitative estimate of drug-likeness (QED) is 0.445. The lowest BCUT2D eigenvalue weighted by Gasteiger charge is -1.94. The number of hydrogen-bond donors (Lipinski definition) is 1. The Morgan fingerprint density at radius 3 is 2.71 bits per heavy atom. The molecule has 0 fully saturated rings. The molecule has 0 radical (unpaired) electrons. The van der Waals surface area contributed by atoms with E-state index in [9.17, 15) is 0 Å². The molecule has 0 aliphatic rings. The van der Waals surface area contributed by atoms with Crippen molar-refractivity contribution >= 4 is 36.0 Å². The molecule has 2 nitrogen and oxygen atoms in total. The van der Waals surface area contributed by atoms with Gasteiger partial charge < -0.3 is 4.74 Å². The molecule has 0 saturated heterocycles. The summed E-state index contributed by atoms with van der Waals surface area (Å²) in [4.78, 5) is 0.